The van der Waals surface area contributed by atoms with Crippen molar-refractivity contribution < 1.29 is 4.79 Å². The standard InChI is InChI=1S/C16H16N4O/c1-3-20-14-7-5-4-6-12(14)19-16(20)10-15(21)13-8-9-17-11(2)18-13/h4-9H,3,10H2,1-2H3. The van der Waals surface area contributed by atoms with E-state index in [0.717, 1.165) is 23.4 Å². The van der Waals surface area contributed by atoms with Gasteiger partial charge in [-0.3, -0.25) is 4.79 Å². The van der Waals surface area contributed by atoms with Crippen molar-refractivity contribution in [2.24, 2.45) is 0 Å². The Morgan fingerprint density at radius 3 is 2.76 bits per heavy atom. The SMILES string of the molecule is CCn1c(CC(=O)c2ccnc(C)n2)nc2ccccc21. The first-order valence-electron chi connectivity index (χ1n) is 6.96. The van der Waals surface area contributed by atoms with Crippen molar-refractivity contribution in [2.75, 3.05) is 0 Å². The number of hydrogen-bond acceptors (Lipinski definition) is 4. The molecule has 3 rings (SSSR count). The Kier molecular flexibility index (Phi) is 3.48. The van der Waals surface area contributed by atoms with Crippen molar-refractivity contribution in [3.05, 3.63) is 53.9 Å². The third-order valence-corrected chi connectivity index (χ3v) is 3.43. The molecule has 0 bridgehead atoms. The van der Waals surface area contributed by atoms with Crippen LogP contribution in [0, 0.1) is 6.92 Å². The van der Waals surface area contributed by atoms with Gasteiger partial charge in [0, 0.05) is 12.7 Å². The summed E-state index contributed by atoms with van der Waals surface area (Å²) in [6.07, 6.45) is 1.86. The molecule has 0 radical (unpaired) electrons. The lowest BCUT2D eigenvalue weighted by molar-refractivity contribution is 0.0984. The number of rotatable bonds is 4. The number of fused-ring (bicyclic) bond motifs is 1. The molecule has 5 nitrogen and oxygen atoms in total. The van der Waals surface area contributed by atoms with Crippen LogP contribution in [-0.2, 0) is 13.0 Å². The summed E-state index contributed by atoms with van der Waals surface area (Å²) >= 11 is 0. The molecule has 0 aliphatic rings. The minimum Gasteiger partial charge on any atom is -0.328 e. The van der Waals surface area contributed by atoms with E-state index >= 15 is 0 Å². The summed E-state index contributed by atoms with van der Waals surface area (Å²) in [5.41, 5.74) is 2.42. The average Bonchev–Trinajstić information content (AvgIpc) is 2.84. The molecular weight excluding hydrogens is 264 g/mol. The number of carbonyl (C=O) groups is 1. The summed E-state index contributed by atoms with van der Waals surface area (Å²) < 4.78 is 2.07. The summed E-state index contributed by atoms with van der Waals surface area (Å²) in [7, 11) is 0. The molecule has 3 aromatic rings. The quantitative estimate of drug-likeness (QED) is 0.689. The van der Waals surface area contributed by atoms with Gasteiger partial charge >= 0.3 is 0 Å². The monoisotopic (exact) mass is 280 g/mol. The van der Waals surface area contributed by atoms with E-state index in [1.54, 1.807) is 19.2 Å². The summed E-state index contributed by atoms with van der Waals surface area (Å²) in [4.78, 5) is 25.1. The summed E-state index contributed by atoms with van der Waals surface area (Å²) in [6.45, 7) is 4.61. The maximum absolute atomic E-state index is 12.4. The molecule has 0 saturated carbocycles. The second-order valence-corrected chi connectivity index (χ2v) is 4.85. The molecule has 106 valence electrons. The van der Waals surface area contributed by atoms with E-state index in [-0.39, 0.29) is 12.2 Å². The van der Waals surface area contributed by atoms with Crippen LogP contribution < -0.4 is 0 Å². The second-order valence-electron chi connectivity index (χ2n) is 4.85. The first-order chi connectivity index (χ1) is 10.2. The molecular formula is C16H16N4O. The summed E-state index contributed by atoms with van der Waals surface area (Å²) in [5.74, 6) is 1.34. The molecule has 0 aliphatic heterocycles. The molecule has 0 atom stereocenters. The molecule has 0 saturated heterocycles. The number of carbonyl (C=O) groups excluding carboxylic acids is 1. The highest BCUT2D eigenvalue weighted by Crippen LogP contribution is 2.17. The maximum Gasteiger partial charge on any atom is 0.188 e. The van der Waals surface area contributed by atoms with Gasteiger partial charge in [-0.2, -0.15) is 0 Å². The Hall–Kier alpha value is -2.56. The van der Waals surface area contributed by atoms with Crippen molar-refractivity contribution in [2.45, 2.75) is 26.8 Å². The molecule has 21 heavy (non-hydrogen) atoms. The molecule has 0 unspecified atom stereocenters. The van der Waals surface area contributed by atoms with E-state index in [9.17, 15) is 4.79 Å². The Bertz CT molecular complexity index is 807. The zero-order valence-electron chi connectivity index (χ0n) is 12.1. The third kappa shape index (κ3) is 2.54. The van der Waals surface area contributed by atoms with Crippen LogP contribution in [0.5, 0.6) is 0 Å². The van der Waals surface area contributed by atoms with Crippen LogP contribution in [0.2, 0.25) is 0 Å². The van der Waals surface area contributed by atoms with E-state index in [4.69, 9.17) is 0 Å². The van der Waals surface area contributed by atoms with Crippen LogP contribution in [0.4, 0.5) is 0 Å². The van der Waals surface area contributed by atoms with E-state index in [0.29, 0.717) is 11.5 Å². The van der Waals surface area contributed by atoms with Gasteiger partial charge in [-0.15, -0.1) is 0 Å². The Morgan fingerprint density at radius 2 is 2.00 bits per heavy atom. The van der Waals surface area contributed by atoms with Crippen LogP contribution in [0.3, 0.4) is 0 Å². The van der Waals surface area contributed by atoms with Gasteiger partial charge in [0.15, 0.2) is 5.78 Å². The number of nitrogens with zero attached hydrogens (tertiary/aromatic N) is 4. The lowest BCUT2D eigenvalue weighted by Gasteiger charge is -2.05. The fourth-order valence-corrected chi connectivity index (χ4v) is 2.46. The predicted molar refractivity (Wildman–Crippen MR) is 80.2 cm³/mol. The maximum atomic E-state index is 12.4. The smallest absolute Gasteiger partial charge is 0.188 e. The molecule has 0 spiro atoms. The predicted octanol–water partition coefficient (Wildman–Crippen LogP) is 2.58. The zero-order chi connectivity index (χ0) is 14.8. The van der Waals surface area contributed by atoms with Gasteiger partial charge in [0.1, 0.15) is 17.3 Å². The van der Waals surface area contributed by atoms with E-state index < -0.39 is 0 Å². The fourth-order valence-electron chi connectivity index (χ4n) is 2.46. The van der Waals surface area contributed by atoms with Gasteiger partial charge in [0.05, 0.1) is 17.5 Å². The highest BCUT2D eigenvalue weighted by atomic mass is 16.1. The van der Waals surface area contributed by atoms with Crippen molar-refractivity contribution in [1.82, 2.24) is 19.5 Å². The van der Waals surface area contributed by atoms with E-state index in [1.807, 2.05) is 24.3 Å². The van der Waals surface area contributed by atoms with Gasteiger partial charge in [0.2, 0.25) is 0 Å². The molecule has 0 amide bonds. The van der Waals surface area contributed by atoms with E-state index in [1.165, 1.54) is 0 Å². The van der Waals surface area contributed by atoms with Crippen LogP contribution >= 0.6 is 0 Å². The van der Waals surface area contributed by atoms with Crippen LogP contribution in [0.1, 0.15) is 29.1 Å². The van der Waals surface area contributed by atoms with Gasteiger partial charge in [-0.1, -0.05) is 12.1 Å². The molecule has 5 heteroatoms. The number of aryl methyl sites for hydroxylation is 2. The topological polar surface area (TPSA) is 60.7 Å². The first-order valence-corrected chi connectivity index (χ1v) is 6.96. The number of aromatic nitrogens is 4. The van der Waals surface area contributed by atoms with Gasteiger partial charge in [-0.25, -0.2) is 15.0 Å². The zero-order valence-corrected chi connectivity index (χ0v) is 12.1. The molecule has 1 aromatic carbocycles. The summed E-state index contributed by atoms with van der Waals surface area (Å²) in [5, 5.41) is 0. The Labute approximate surface area is 122 Å². The molecule has 0 N–H and O–H groups in total. The lowest BCUT2D eigenvalue weighted by atomic mass is 10.2. The van der Waals surface area contributed by atoms with E-state index in [2.05, 4.69) is 26.4 Å². The fraction of sp³-hybridized carbons (Fsp3) is 0.250. The van der Waals surface area contributed by atoms with Crippen LogP contribution in [-0.4, -0.2) is 25.3 Å². The number of benzene rings is 1. The van der Waals surface area contributed by atoms with Crippen molar-refractivity contribution >= 4 is 16.8 Å². The molecule has 0 aliphatic carbocycles. The Balaban J connectivity index is 1.96. The van der Waals surface area contributed by atoms with Crippen molar-refractivity contribution in [3.8, 4) is 0 Å². The average molecular weight is 280 g/mol. The summed E-state index contributed by atoms with van der Waals surface area (Å²) in [6, 6.07) is 9.57. The highest BCUT2D eigenvalue weighted by Gasteiger charge is 2.15. The van der Waals surface area contributed by atoms with Gasteiger partial charge in [-0.05, 0) is 32.0 Å². The number of Topliss-reactive ketones (excluding diaryl/α,β-unsaturated/α-hetero) is 1. The Morgan fingerprint density at radius 1 is 1.19 bits per heavy atom. The largest absolute Gasteiger partial charge is 0.328 e. The highest BCUT2D eigenvalue weighted by molar-refractivity contribution is 5.95. The number of ketones is 1. The molecule has 2 heterocycles. The minimum absolute atomic E-state index is 0.0366. The molecule has 2 aromatic heterocycles. The lowest BCUT2D eigenvalue weighted by Crippen LogP contribution is -2.12. The third-order valence-electron chi connectivity index (χ3n) is 3.43. The number of imidazole rings is 1. The minimum atomic E-state index is -0.0366. The van der Waals surface area contributed by atoms with Crippen molar-refractivity contribution in [1.29, 1.82) is 0 Å². The van der Waals surface area contributed by atoms with Crippen molar-refractivity contribution in [3.63, 3.8) is 0 Å². The first kappa shape index (κ1) is 13.4. The van der Waals surface area contributed by atoms with Gasteiger partial charge < -0.3 is 4.57 Å². The molecule has 0 fully saturated rings. The number of hydrogen-bond donors (Lipinski definition) is 0. The van der Waals surface area contributed by atoms with Gasteiger partial charge in [0.25, 0.3) is 0 Å². The second kappa shape index (κ2) is 5.44. The van der Waals surface area contributed by atoms with Crippen LogP contribution in [0.15, 0.2) is 36.5 Å². The van der Waals surface area contributed by atoms with Crippen LogP contribution in [0.25, 0.3) is 11.0 Å². The number of para-hydroxylation sites is 2. The normalized spacial score (nSPS) is 11.0.